The molecular weight excluding hydrogens is 254 g/mol. The number of rotatable bonds is 6. The maximum absolute atomic E-state index is 5.98. The Kier molecular flexibility index (Phi) is 4.74. The molecule has 1 aromatic carbocycles. The van der Waals surface area contributed by atoms with Crippen LogP contribution in [0.3, 0.4) is 0 Å². The Balaban J connectivity index is 2.14. The van der Waals surface area contributed by atoms with E-state index in [9.17, 15) is 0 Å². The molecule has 0 radical (unpaired) electrons. The van der Waals surface area contributed by atoms with Gasteiger partial charge in [0, 0.05) is 18.0 Å². The lowest BCUT2D eigenvalue weighted by Crippen LogP contribution is -2.22. The third-order valence-electron chi connectivity index (χ3n) is 3.22. The lowest BCUT2D eigenvalue weighted by Gasteiger charge is -2.05. The summed E-state index contributed by atoms with van der Waals surface area (Å²) < 4.78 is 10.5. The molecule has 0 aliphatic heterocycles. The predicted molar refractivity (Wildman–Crippen MR) is 77.6 cm³/mol. The monoisotopic (exact) mass is 275 g/mol. The van der Waals surface area contributed by atoms with E-state index in [1.54, 1.807) is 7.11 Å². The first-order valence-electron chi connectivity index (χ1n) is 6.87. The van der Waals surface area contributed by atoms with Crippen molar-refractivity contribution in [3.05, 3.63) is 29.7 Å². The second kappa shape index (κ2) is 6.52. The van der Waals surface area contributed by atoms with Crippen molar-refractivity contribution < 1.29 is 9.26 Å². The van der Waals surface area contributed by atoms with E-state index >= 15 is 0 Å². The highest BCUT2D eigenvalue weighted by Crippen LogP contribution is 2.24. The minimum Gasteiger partial charge on any atom is -0.496 e. The molecule has 5 heteroatoms. The summed E-state index contributed by atoms with van der Waals surface area (Å²) in [7, 11) is 1.66. The maximum Gasteiger partial charge on any atom is 0.228 e. The minimum absolute atomic E-state index is 0.0749. The number of ether oxygens (including phenoxy) is 1. The van der Waals surface area contributed by atoms with Crippen molar-refractivity contribution in [1.29, 1.82) is 0 Å². The third kappa shape index (κ3) is 3.36. The van der Waals surface area contributed by atoms with Gasteiger partial charge >= 0.3 is 0 Å². The van der Waals surface area contributed by atoms with E-state index in [-0.39, 0.29) is 6.04 Å². The summed E-state index contributed by atoms with van der Waals surface area (Å²) in [6, 6.07) is 5.89. The summed E-state index contributed by atoms with van der Waals surface area (Å²) in [6.45, 7) is 4.10. The van der Waals surface area contributed by atoms with Gasteiger partial charge in [0.05, 0.1) is 7.11 Å². The Labute approximate surface area is 119 Å². The molecule has 0 saturated heterocycles. The van der Waals surface area contributed by atoms with Crippen molar-refractivity contribution in [2.75, 3.05) is 7.11 Å². The number of nitrogens with two attached hydrogens (primary N) is 1. The highest BCUT2D eigenvalue weighted by molar-refractivity contribution is 5.58. The first-order valence-corrected chi connectivity index (χ1v) is 6.87. The molecule has 2 rings (SSSR count). The molecule has 1 unspecified atom stereocenters. The molecule has 20 heavy (non-hydrogen) atoms. The zero-order chi connectivity index (χ0) is 14.5. The van der Waals surface area contributed by atoms with E-state index in [2.05, 4.69) is 17.1 Å². The van der Waals surface area contributed by atoms with Gasteiger partial charge in [0.25, 0.3) is 0 Å². The predicted octanol–water partition coefficient (Wildman–Crippen LogP) is 2.72. The summed E-state index contributed by atoms with van der Waals surface area (Å²) in [5.74, 6) is 2.03. The molecule has 0 saturated carbocycles. The molecule has 108 valence electrons. The molecule has 0 aliphatic carbocycles. The van der Waals surface area contributed by atoms with Gasteiger partial charge in [0.1, 0.15) is 5.75 Å². The number of nitrogens with zero attached hydrogens (tertiary/aromatic N) is 2. The normalized spacial score (nSPS) is 12.4. The molecule has 0 aliphatic rings. The molecule has 0 spiro atoms. The van der Waals surface area contributed by atoms with Crippen LogP contribution >= 0.6 is 0 Å². The van der Waals surface area contributed by atoms with Gasteiger partial charge in [-0.1, -0.05) is 18.5 Å². The highest BCUT2D eigenvalue weighted by atomic mass is 16.5. The van der Waals surface area contributed by atoms with Crippen molar-refractivity contribution >= 4 is 0 Å². The van der Waals surface area contributed by atoms with Crippen LogP contribution in [0, 0.1) is 6.92 Å². The van der Waals surface area contributed by atoms with Gasteiger partial charge in [-0.05, 0) is 37.1 Å². The second-order valence-electron chi connectivity index (χ2n) is 4.95. The van der Waals surface area contributed by atoms with E-state index in [1.165, 1.54) is 0 Å². The van der Waals surface area contributed by atoms with Crippen LogP contribution in [0.5, 0.6) is 5.75 Å². The summed E-state index contributed by atoms with van der Waals surface area (Å²) in [4.78, 5) is 4.40. The molecule has 5 nitrogen and oxygen atoms in total. The quantitative estimate of drug-likeness (QED) is 0.877. The Morgan fingerprint density at radius 1 is 1.40 bits per heavy atom. The lowest BCUT2D eigenvalue weighted by molar-refractivity contribution is 0.366. The molecule has 2 aromatic rings. The molecule has 1 atom stereocenters. The maximum atomic E-state index is 5.98. The number of benzene rings is 1. The first-order chi connectivity index (χ1) is 9.63. The number of aryl methyl sites for hydroxylation is 1. The Bertz CT molecular complexity index is 566. The summed E-state index contributed by atoms with van der Waals surface area (Å²) >= 11 is 0. The molecule has 0 amide bonds. The standard InChI is InChI=1S/C15H21N3O2/c1-4-5-12(16)9-14-17-15(18-20-14)11-6-7-13(19-3)10(2)8-11/h6-8,12H,4-5,9,16H2,1-3H3. The number of hydrogen-bond donors (Lipinski definition) is 1. The Morgan fingerprint density at radius 2 is 2.20 bits per heavy atom. The number of aromatic nitrogens is 2. The fourth-order valence-corrected chi connectivity index (χ4v) is 2.17. The van der Waals surface area contributed by atoms with Crippen molar-refractivity contribution in [2.45, 2.75) is 39.2 Å². The van der Waals surface area contributed by atoms with Crippen molar-refractivity contribution in [1.82, 2.24) is 10.1 Å². The van der Waals surface area contributed by atoms with E-state index in [4.69, 9.17) is 15.0 Å². The van der Waals surface area contributed by atoms with Crippen molar-refractivity contribution in [3.8, 4) is 17.1 Å². The smallest absolute Gasteiger partial charge is 0.228 e. The highest BCUT2D eigenvalue weighted by Gasteiger charge is 2.12. The van der Waals surface area contributed by atoms with Crippen LogP contribution in [0.4, 0.5) is 0 Å². The topological polar surface area (TPSA) is 74.2 Å². The van der Waals surface area contributed by atoms with Crippen LogP contribution in [0.2, 0.25) is 0 Å². The van der Waals surface area contributed by atoms with Crippen molar-refractivity contribution in [2.24, 2.45) is 5.73 Å². The van der Waals surface area contributed by atoms with Crippen molar-refractivity contribution in [3.63, 3.8) is 0 Å². The van der Waals surface area contributed by atoms with Gasteiger partial charge in [-0.15, -0.1) is 0 Å². The zero-order valence-electron chi connectivity index (χ0n) is 12.2. The van der Waals surface area contributed by atoms with Gasteiger partial charge in [-0.25, -0.2) is 0 Å². The number of methoxy groups -OCH3 is 1. The van der Waals surface area contributed by atoms with Crippen LogP contribution in [0.1, 0.15) is 31.2 Å². The Hall–Kier alpha value is -1.88. The Morgan fingerprint density at radius 3 is 2.85 bits per heavy atom. The van der Waals surface area contributed by atoms with Gasteiger partial charge < -0.3 is 15.0 Å². The molecule has 0 fully saturated rings. The SMILES string of the molecule is CCCC(N)Cc1nc(-c2ccc(OC)c(C)c2)no1. The third-order valence-corrected chi connectivity index (χ3v) is 3.22. The van der Waals surface area contributed by atoms with E-state index in [1.807, 2.05) is 25.1 Å². The van der Waals surface area contributed by atoms with Gasteiger partial charge in [0.15, 0.2) is 0 Å². The van der Waals surface area contributed by atoms with Crippen LogP contribution in [-0.2, 0) is 6.42 Å². The average Bonchev–Trinajstić information content (AvgIpc) is 2.87. The lowest BCUT2D eigenvalue weighted by atomic mass is 10.1. The minimum atomic E-state index is 0.0749. The zero-order valence-corrected chi connectivity index (χ0v) is 12.2. The first kappa shape index (κ1) is 14.5. The number of hydrogen-bond acceptors (Lipinski definition) is 5. The van der Waals surface area contributed by atoms with Gasteiger partial charge in [0.2, 0.25) is 11.7 Å². The molecular formula is C15H21N3O2. The average molecular weight is 275 g/mol. The summed E-state index contributed by atoms with van der Waals surface area (Å²) in [6.07, 6.45) is 2.63. The molecule has 1 heterocycles. The fraction of sp³-hybridized carbons (Fsp3) is 0.467. The largest absolute Gasteiger partial charge is 0.496 e. The fourth-order valence-electron chi connectivity index (χ4n) is 2.17. The van der Waals surface area contributed by atoms with Gasteiger partial charge in [-0.2, -0.15) is 4.98 Å². The molecule has 0 bridgehead atoms. The summed E-state index contributed by atoms with van der Waals surface area (Å²) in [5.41, 5.74) is 7.94. The van der Waals surface area contributed by atoms with Crippen LogP contribution in [-0.4, -0.2) is 23.3 Å². The second-order valence-corrected chi connectivity index (χ2v) is 4.95. The molecule has 2 N–H and O–H groups in total. The molecule has 1 aromatic heterocycles. The van der Waals surface area contributed by atoms with Crippen LogP contribution in [0.25, 0.3) is 11.4 Å². The van der Waals surface area contributed by atoms with E-state index in [0.717, 1.165) is 29.7 Å². The van der Waals surface area contributed by atoms with Gasteiger partial charge in [-0.3, -0.25) is 0 Å². The van der Waals surface area contributed by atoms with Crippen LogP contribution in [0.15, 0.2) is 22.7 Å². The van der Waals surface area contributed by atoms with E-state index < -0.39 is 0 Å². The van der Waals surface area contributed by atoms with Crippen LogP contribution < -0.4 is 10.5 Å². The van der Waals surface area contributed by atoms with E-state index in [0.29, 0.717) is 18.1 Å². The summed E-state index contributed by atoms with van der Waals surface area (Å²) in [5, 5.41) is 4.01.